The van der Waals surface area contributed by atoms with Crippen molar-refractivity contribution in [1.82, 2.24) is 0 Å². The molecule has 0 fully saturated rings. The van der Waals surface area contributed by atoms with Crippen LogP contribution >= 0.6 is 22.6 Å². The first-order valence-corrected chi connectivity index (χ1v) is 5.35. The average molecular weight is 340 g/mol. The van der Waals surface area contributed by atoms with E-state index in [1.807, 2.05) is 22.6 Å². The molecule has 16 heavy (non-hydrogen) atoms. The van der Waals surface area contributed by atoms with Crippen LogP contribution in [0.1, 0.15) is 5.56 Å². The minimum absolute atomic E-state index is 0.0442. The third-order valence-corrected chi connectivity index (χ3v) is 2.84. The molecule has 0 N–H and O–H groups in total. The van der Waals surface area contributed by atoms with E-state index < -0.39 is 6.29 Å². The lowest BCUT2D eigenvalue weighted by atomic mass is 10.2. The molecule has 1 aromatic rings. The third-order valence-electron chi connectivity index (χ3n) is 2.04. The Labute approximate surface area is 104 Å². The van der Waals surface area contributed by atoms with Crippen LogP contribution in [-0.2, 0) is 0 Å². The number of benzene rings is 1. The summed E-state index contributed by atoms with van der Waals surface area (Å²) in [5.41, 5.74) is 0.442. The van der Waals surface area contributed by atoms with Crippen LogP contribution in [0.25, 0.3) is 6.08 Å². The Bertz CT molecular complexity index is 460. The molecule has 1 aliphatic heterocycles. The molecular formula is C10H7F2IO3. The van der Waals surface area contributed by atoms with Crippen LogP contribution in [0.15, 0.2) is 12.6 Å². The van der Waals surface area contributed by atoms with E-state index in [0.29, 0.717) is 9.13 Å². The molecule has 1 heterocycles. The molecule has 6 heteroatoms. The molecule has 0 radical (unpaired) electrons. The van der Waals surface area contributed by atoms with Gasteiger partial charge in [0, 0.05) is 5.56 Å². The lowest BCUT2D eigenvalue weighted by Gasteiger charge is -2.08. The molecule has 0 atom stereocenters. The van der Waals surface area contributed by atoms with E-state index in [9.17, 15) is 8.78 Å². The van der Waals surface area contributed by atoms with Gasteiger partial charge < -0.3 is 14.2 Å². The van der Waals surface area contributed by atoms with E-state index in [0.717, 1.165) is 0 Å². The summed E-state index contributed by atoms with van der Waals surface area (Å²) in [6.07, 6.45) is -2.23. The highest BCUT2D eigenvalue weighted by Crippen LogP contribution is 2.51. The second-order valence-corrected chi connectivity index (χ2v) is 4.17. The van der Waals surface area contributed by atoms with Gasteiger partial charge in [0.15, 0.2) is 11.5 Å². The highest BCUT2D eigenvalue weighted by atomic mass is 127. The van der Waals surface area contributed by atoms with Gasteiger partial charge in [0.2, 0.25) is 5.75 Å². The van der Waals surface area contributed by atoms with Gasteiger partial charge in [-0.05, 0) is 28.7 Å². The van der Waals surface area contributed by atoms with Crippen molar-refractivity contribution >= 4 is 28.7 Å². The van der Waals surface area contributed by atoms with Gasteiger partial charge in [0.1, 0.15) is 0 Å². The Morgan fingerprint density at radius 2 is 2.06 bits per heavy atom. The Balaban J connectivity index is 2.65. The van der Waals surface area contributed by atoms with Crippen LogP contribution in [0.4, 0.5) is 8.78 Å². The molecule has 0 unspecified atom stereocenters. The highest BCUT2D eigenvalue weighted by Gasteiger charge is 2.46. The molecule has 0 saturated carbocycles. The summed E-state index contributed by atoms with van der Waals surface area (Å²) < 4.78 is 40.4. The van der Waals surface area contributed by atoms with Gasteiger partial charge in [-0.2, -0.15) is 0 Å². The summed E-state index contributed by atoms with van der Waals surface area (Å²) >= 11 is 1.96. The van der Waals surface area contributed by atoms with Gasteiger partial charge in [-0.25, -0.2) is 0 Å². The van der Waals surface area contributed by atoms with Crippen molar-refractivity contribution in [2.75, 3.05) is 7.11 Å². The van der Waals surface area contributed by atoms with Gasteiger partial charge in [0.25, 0.3) is 0 Å². The molecule has 86 valence electrons. The predicted octanol–water partition coefficient (Wildman–Crippen LogP) is 3.26. The Morgan fingerprint density at radius 3 is 2.62 bits per heavy atom. The number of fused-ring (bicyclic) bond motifs is 1. The summed E-state index contributed by atoms with van der Waals surface area (Å²) in [5.74, 6) is 0.102. The number of ether oxygens (including phenoxy) is 3. The maximum absolute atomic E-state index is 13.0. The summed E-state index contributed by atoms with van der Waals surface area (Å²) in [7, 11) is 1.38. The maximum Gasteiger partial charge on any atom is 0.586 e. The SMILES string of the molecule is C=Cc1cc(I)c(OC)c2c1OC(F)(F)O2. The standard InChI is InChI=1S/C10H7F2IO3/c1-3-5-4-6(13)8(14-2)9-7(5)15-10(11,12)16-9/h3-4H,1H2,2H3. The quantitative estimate of drug-likeness (QED) is 0.774. The third kappa shape index (κ3) is 1.70. The normalized spacial score (nSPS) is 16.0. The minimum Gasteiger partial charge on any atom is -0.492 e. The second-order valence-electron chi connectivity index (χ2n) is 3.01. The Kier molecular flexibility index (Phi) is 2.69. The summed E-state index contributed by atoms with van der Waals surface area (Å²) in [5, 5.41) is 0. The number of alkyl halides is 2. The van der Waals surface area contributed by atoms with E-state index in [2.05, 4.69) is 16.1 Å². The molecule has 2 rings (SSSR count). The summed E-state index contributed by atoms with van der Waals surface area (Å²) in [6.45, 7) is 3.53. The molecule has 1 aromatic carbocycles. The number of methoxy groups -OCH3 is 1. The van der Waals surface area contributed by atoms with Crippen LogP contribution < -0.4 is 14.2 Å². The fraction of sp³-hybridized carbons (Fsp3) is 0.200. The highest BCUT2D eigenvalue weighted by molar-refractivity contribution is 14.1. The average Bonchev–Trinajstić information content (AvgIpc) is 2.52. The molecule has 0 aliphatic carbocycles. The first-order chi connectivity index (χ1) is 7.48. The van der Waals surface area contributed by atoms with Crippen molar-refractivity contribution in [2.45, 2.75) is 6.29 Å². The molecular weight excluding hydrogens is 333 g/mol. The first kappa shape index (κ1) is 11.4. The number of halogens is 3. The fourth-order valence-electron chi connectivity index (χ4n) is 1.41. The monoisotopic (exact) mass is 340 g/mol. The van der Waals surface area contributed by atoms with Gasteiger partial charge in [-0.15, -0.1) is 8.78 Å². The van der Waals surface area contributed by atoms with Crippen molar-refractivity contribution in [3.63, 3.8) is 0 Å². The van der Waals surface area contributed by atoms with E-state index >= 15 is 0 Å². The van der Waals surface area contributed by atoms with Gasteiger partial charge in [-0.1, -0.05) is 12.7 Å². The van der Waals surface area contributed by atoms with Crippen molar-refractivity contribution in [3.05, 3.63) is 21.8 Å². The molecule has 0 spiro atoms. The topological polar surface area (TPSA) is 27.7 Å². The molecule has 0 bridgehead atoms. The Hall–Kier alpha value is -1.05. The first-order valence-electron chi connectivity index (χ1n) is 4.27. The number of hydrogen-bond acceptors (Lipinski definition) is 3. The smallest absolute Gasteiger partial charge is 0.492 e. The molecule has 1 aliphatic rings. The zero-order valence-corrected chi connectivity index (χ0v) is 10.4. The van der Waals surface area contributed by atoms with Crippen LogP contribution in [-0.4, -0.2) is 13.4 Å². The van der Waals surface area contributed by atoms with Crippen molar-refractivity contribution < 1.29 is 23.0 Å². The molecule has 0 amide bonds. The van der Waals surface area contributed by atoms with Gasteiger partial charge in [-0.3, -0.25) is 0 Å². The molecule has 0 aromatic heterocycles. The summed E-state index contributed by atoms with van der Waals surface area (Å²) in [4.78, 5) is 0. The lowest BCUT2D eigenvalue weighted by molar-refractivity contribution is -0.287. The largest absolute Gasteiger partial charge is 0.586 e. The van der Waals surface area contributed by atoms with Crippen molar-refractivity contribution in [2.24, 2.45) is 0 Å². The van der Waals surface area contributed by atoms with Crippen LogP contribution in [0, 0.1) is 3.57 Å². The van der Waals surface area contributed by atoms with Gasteiger partial charge >= 0.3 is 6.29 Å². The lowest BCUT2D eigenvalue weighted by Crippen LogP contribution is -2.26. The van der Waals surface area contributed by atoms with E-state index in [4.69, 9.17) is 4.74 Å². The van der Waals surface area contributed by atoms with E-state index in [1.54, 1.807) is 6.07 Å². The number of hydrogen-bond donors (Lipinski definition) is 0. The second kappa shape index (κ2) is 3.76. The van der Waals surface area contributed by atoms with Crippen LogP contribution in [0.2, 0.25) is 0 Å². The zero-order chi connectivity index (χ0) is 11.9. The fourth-order valence-corrected chi connectivity index (χ4v) is 2.21. The zero-order valence-electron chi connectivity index (χ0n) is 8.22. The maximum atomic E-state index is 13.0. The van der Waals surface area contributed by atoms with Crippen LogP contribution in [0.3, 0.4) is 0 Å². The van der Waals surface area contributed by atoms with Gasteiger partial charge in [0.05, 0.1) is 10.7 Å². The molecule has 3 nitrogen and oxygen atoms in total. The van der Waals surface area contributed by atoms with E-state index in [-0.39, 0.29) is 17.2 Å². The number of rotatable bonds is 2. The molecule has 0 saturated heterocycles. The predicted molar refractivity (Wildman–Crippen MR) is 62.0 cm³/mol. The minimum atomic E-state index is -3.65. The van der Waals surface area contributed by atoms with Crippen molar-refractivity contribution in [3.8, 4) is 17.2 Å². The Morgan fingerprint density at radius 1 is 1.44 bits per heavy atom. The van der Waals surface area contributed by atoms with E-state index in [1.165, 1.54) is 13.2 Å². The summed E-state index contributed by atoms with van der Waals surface area (Å²) in [6, 6.07) is 1.63. The van der Waals surface area contributed by atoms with Crippen LogP contribution in [0.5, 0.6) is 17.2 Å². The van der Waals surface area contributed by atoms with Crippen molar-refractivity contribution in [1.29, 1.82) is 0 Å².